The molecular weight excluding hydrogens is 293 g/mol. The van der Waals surface area contributed by atoms with E-state index in [2.05, 4.69) is 0 Å². The minimum atomic E-state index is -0.856. The number of carboxylic acids is 1. The first kappa shape index (κ1) is 14.0. The number of rotatable bonds is 2. The van der Waals surface area contributed by atoms with E-state index in [9.17, 15) is 14.0 Å². The molecule has 1 fully saturated rings. The molecule has 0 saturated carbocycles. The van der Waals surface area contributed by atoms with E-state index >= 15 is 0 Å². The number of amides is 1. The molecule has 0 spiro atoms. The number of halogens is 1. The monoisotopic (exact) mass is 307 g/mol. The molecule has 21 heavy (non-hydrogen) atoms. The van der Waals surface area contributed by atoms with Crippen LogP contribution in [0.1, 0.15) is 22.5 Å². The van der Waals surface area contributed by atoms with Crippen LogP contribution in [-0.2, 0) is 4.79 Å². The molecule has 0 radical (unpaired) electrons. The summed E-state index contributed by atoms with van der Waals surface area (Å²) < 4.78 is 14.0. The number of hydrogen-bond donors (Lipinski definition) is 1. The normalized spacial score (nSPS) is 18.9. The Bertz CT molecular complexity index is 712. The maximum Gasteiger partial charge on any atom is 0.308 e. The molecule has 1 atom stereocenters. The lowest BCUT2D eigenvalue weighted by Gasteiger charge is -2.30. The quantitative estimate of drug-likeness (QED) is 0.928. The number of aliphatic carboxylic acids is 1. The fourth-order valence-corrected chi connectivity index (χ4v) is 3.65. The van der Waals surface area contributed by atoms with Gasteiger partial charge < -0.3 is 10.0 Å². The Kier molecular flexibility index (Phi) is 3.63. The van der Waals surface area contributed by atoms with Gasteiger partial charge in [-0.15, -0.1) is 11.3 Å². The van der Waals surface area contributed by atoms with Crippen LogP contribution in [0.25, 0.3) is 10.1 Å². The van der Waals surface area contributed by atoms with E-state index in [1.165, 1.54) is 23.5 Å². The maximum atomic E-state index is 13.2. The number of likely N-dealkylation sites (tertiary alicyclic amines) is 1. The van der Waals surface area contributed by atoms with Crippen LogP contribution in [0, 0.1) is 11.7 Å². The third kappa shape index (κ3) is 2.76. The third-order valence-electron chi connectivity index (χ3n) is 3.75. The first-order valence-electron chi connectivity index (χ1n) is 6.76. The number of thiophene rings is 1. The number of nitrogens with zero attached hydrogens (tertiary/aromatic N) is 1. The smallest absolute Gasteiger partial charge is 0.308 e. The van der Waals surface area contributed by atoms with Gasteiger partial charge in [0, 0.05) is 17.8 Å². The minimum absolute atomic E-state index is 0.164. The summed E-state index contributed by atoms with van der Waals surface area (Å²) in [7, 11) is 0. The van der Waals surface area contributed by atoms with Gasteiger partial charge in [-0.1, -0.05) is 0 Å². The van der Waals surface area contributed by atoms with Crippen molar-refractivity contribution in [1.29, 1.82) is 0 Å². The van der Waals surface area contributed by atoms with Gasteiger partial charge in [0.1, 0.15) is 5.82 Å². The average Bonchev–Trinajstić information content (AvgIpc) is 2.89. The van der Waals surface area contributed by atoms with Gasteiger partial charge >= 0.3 is 5.97 Å². The van der Waals surface area contributed by atoms with Crippen molar-refractivity contribution in [2.75, 3.05) is 13.1 Å². The van der Waals surface area contributed by atoms with Crippen molar-refractivity contribution in [2.24, 2.45) is 5.92 Å². The van der Waals surface area contributed by atoms with Gasteiger partial charge in [0.2, 0.25) is 0 Å². The van der Waals surface area contributed by atoms with Crippen molar-refractivity contribution in [3.63, 3.8) is 0 Å². The van der Waals surface area contributed by atoms with Crippen molar-refractivity contribution in [3.8, 4) is 0 Å². The molecule has 1 amide bonds. The summed E-state index contributed by atoms with van der Waals surface area (Å²) in [5, 5.41) is 9.78. The van der Waals surface area contributed by atoms with Gasteiger partial charge in [0.15, 0.2) is 0 Å². The molecule has 1 aromatic carbocycles. The Labute approximate surface area is 124 Å². The highest BCUT2D eigenvalue weighted by Gasteiger charge is 2.29. The molecule has 0 aliphatic carbocycles. The van der Waals surface area contributed by atoms with Crippen LogP contribution in [0.15, 0.2) is 24.3 Å². The molecular formula is C15H14FNO3S. The summed E-state index contributed by atoms with van der Waals surface area (Å²) in [6, 6.07) is 6.10. The van der Waals surface area contributed by atoms with Crippen molar-refractivity contribution in [2.45, 2.75) is 12.8 Å². The first-order chi connectivity index (χ1) is 10.0. The van der Waals surface area contributed by atoms with Crippen LogP contribution in [0.2, 0.25) is 0 Å². The largest absolute Gasteiger partial charge is 0.481 e. The highest BCUT2D eigenvalue weighted by Crippen LogP contribution is 2.28. The molecule has 2 aromatic rings. The summed E-state index contributed by atoms with van der Waals surface area (Å²) in [6.45, 7) is 0.821. The number of hydrogen-bond acceptors (Lipinski definition) is 3. The van der Waals surface area contributed by atoms with E-state index in [1.54, 1.807) is 17.0 Å². The van der Waals surface area contributed by atoms with Crippen LogP contribution >= 0.6 is 11.3 Å². The zero-order valence-electron chi connectivity index (χ0n) is 11.2. The number of carbonyl (C=O) groups excluding carboxylic acids is 1. The van der Waals surface area contributed by atoms with Crippen LogP contribution in [0.5, 0.6) is 0 Å². The van der Waals surface area contributed by atoms with Crippen molar-refractivity contribution >= 4 is 33.3 Å². The number of piperidine rings is 1. The fraction of sp³-hybridized carbons (Fsp3) is 0.333. The van der Waals surface area contributed by atoms with E-state index in [4.69, 9.17) is 5.11 Å². The van der Waals surface area contributed by atoms with Gasteiger partial charge in [-0.25, -0.2) is 4.39 Å². The van der Waals surface area contributed by atoms with Crippen LogP contribution < -0.4 is 0 Å². The van der Waals surface area contributed by atoms with Crippen LogP contribution in [0.4, 0.5) is 4.39 Å². The minimum Gasteiger partial charge on any atom is -0.481 e. The highest BCUT2D eigenvalue weighted by atomic mass is 32.1. The molecule has 3 rings (SSSR count). The zero-order valence-corrected chi connectivity index (χ0v) is 12.0. The summed E-state index contributed by atoms with van der Waals surface area (Å²) >= 11 is 1.31. The van der Waals surface area contributed by atoms with Crippen LogP contribution in [0.3, 0.4) is 0 Å². The Morgan fingerprint density at radius 3 is 2.90 bits per heavy atom. The summed E-state index contributed by atoms with van der Waals surface area (Å²) in [6.07, 6.45) is 1.30. The molecule has 1 aliphatic rings. The standard InChI is InChI=1S/C15H14FNO3S/c16-11-3-4-12-10(6-11)7-13(21-12)14(18)17-5-1-2-9(8-17)15(19)20/h3-4,6-7,9H,1-2,5,8H2,(H,19,20). The Hall–Kier alpha value is -1.95. The second-order valence-electron chi connectivity index (χ2n) is 5.22. The molecule has 1 unspecified atom stereocenters. The van der Waals surface area contributed by atoms with Crippen molar-refractivity contribution in [1.82, 2.24) is 4.90 Å². The number of benzene rings is 1. The van der Waals surface area contributed by atoms with Gasteiger partial charge in [0.05, 0.1) is 10.8 Å². The topological polar surface area (TPSA) is 57.6 Å². The summed E-state index contributed by atoms with van der Waals surface area (Å²) in [5.74, 6) is -1.84. The zero-order chi connectivity index (χ0) is 15.0. The van der Waals surface area contributed by atoms with Crippen molar-refractivity contribution < 1.29 is 19.1 Å². The van der Waals surface area contributed by atoms with Gasteiger partial charge in [0.25, 0.3) is 5.91 Å². The molecule has 6 heteroatoms. The van der Waals surface area contributed by atoms with Gasteiger partial charge in [-0.3, -0.25) is 9.59 Å². The lowest BCUT2D eigenvalue weighted by Crippen LogP contribution is -2.42. The number of fused-ring (bicyclic) bond motifs is 1. The van der Waals surface area contributed by atoms with Crippen LogP contribution in [-0.4, -0.2) is 35.0 Å². The molecule has 4 nitrogen and oxygen atoms in total. The lowest BCUT2D eigenvalue weighted by atomic mass is 9.98. The Morgan fingerprint density at radius 2 is 2.14 bits per heavy atom. The third-order valence-corrected chi connectivity index (χ3v) is 4.85. The highest BCUT2D eigenvalue weighted by molar-refractivity contribution is 7.20. The molecule has 1 aliphatic heterocycles. The molecule has 110 valence electrons. The van der Waals surface area contributed by atoms with E-state index < -0.39 is 11.9 Å². The number of carbonyl (C=O) groups is 2. The first-order valence-corrected chi connectivity index (χ1v) is 7.57. The lowest BCUT2D eigenvalue weighted by molar-refractivity contribution is -0.143. The maximum absolute atomic E-state index is 13.2. The van der Waals surface area contributed by atoms with Gasteiger partial charge in [-0.05, 0) is 42.5 Å². The molecule has 1 saturated heterocycles. The fourth-order valence-electron chi connectivity index (χ4n) is 2.64. The Morgan fingerprint density at radius 1 is 1.33 bits per heavy atom. The predicted octanol–water partition coefficient (Wildman–Crippen LogP) is 2.98. The SMILES string of the molecule is O=C(O)C1CCCN(C(=O)c2cc3cc(F)ccc3s2)C1. The van der Waals surface area contributed by atoms with E-state index in [0.717, 1.165) is 4.70 Å². The number of carboxylic acid groups (broad SMARTS) is 1. The van der Waals surface area contributed by atoms with E-state index in [1.807, 2.05) is 0 Å². The molecule has 1 N–H and O–H groups in total. The molecule has 1 aromatic heterocycles. The predicted molar refractivity (Wildman–Crippen MR) is 78.0 cm³/mol. The Balaban J connectivity index is 1.84. The molecule has 0 bridgehead atoms. The van der Waals surface area contributed by atoms with E-state index in [-0.39, 0.29) is 18.3 Å². The summed E-state index contributed by atoms with van der Waals surface area (Å²) in [4.78, 5) is 25.6. The molecule has 2 heterocycles. The van der Waals surface area contributed by atoms with Crippen molar-refractivity contribution in [3.05, 3.63) is 35.0 Å². The van der Waals surface area contributed by atoms with E-state index in [0.29, 0.717) is 29.6 Å². The summed E-state index contributed by atoms with van der Waals surface area (Å²) in [5.41, 5.74) is 0. The average molecular weight is 307 g/mol. The van der Waals surface area contributed by atoms with Gasteiger partial charge in [-0.2, -0.15) is 0 Å². The second-order valence-corrected chi connectivity index (χ2v) is 6.31. The second kappa shape index (κ2) is 5.44.